The standard InChI is InChI=1S/C12H17N3O4S2/c1-4-19-9(16)5-8-6-20-12(14-8)21-7(2)10(17)15-11(18)13-3/h6-7H,4-5H2,1-3H3,(H2,13,15,17,18). The van der Waals surface area contributed by atoms with Crippen LogP contribution in [-0.4, -0.2) is 41.8 Å². The highest BCUT2D eigenvalue weighted by molar-refractivity contribution is 8.02. The van der Waals surface area contributed by atoms with Crippen LogP contribution in [0, 0.1) is 0 Å². The summed E-state index contributed by atoms with van der Waals surface area (Å²) in [6, 6.07) is -0.547. The minimum Gasteiger partial charge on any atom is -0.466 e. The van der Waals surface area contributed by atoms with Crippen LogP contribution in [0.2, 0.25) is 0 Å². The van der Waals surface area contributed by atoms with Crippen LogP contribution in [0.4, 0.5) is 4.79 Å². The van der Waals surface area contributed by atoms with Gasteiger partial charge in [-0.3, -0.25) is 14.9 Å². The summed E-state index contributed by atoms with van der Waals surface area (Å²) in [4.78, 5) is 38.3. The Bertz CT molecular complexity index is 518. The molecule has 0 saturated carbocycles. The van der Waals surface area contributed by atoms with Gasteiger partial charge >= 0.3 is 12.0 Å². The van der Waals surface area contributed by atoms with E-state index in [2.05, 4.69) is 15.6 Å². The Hall–Kier alpha value is -1.61. The number of ether oxygens (including phenoxy) is 1. The SMILES string of the molecule is CCOC(=O)Cc1csc(SC(C)C(=O)NC(=O)NC)n1. The number of thioether (sulfide) groups is 1. The Balaban J connectivity index is 2.52. The van der Waals surface area contributed by atoms with Gasteiger partial charge in [-0.15, -0.1) is 11.3 Å². The summed E-state index contributed by atoms with van der Waals surface area (Å²) < 4.78 is 5.50. The van der Waals surface area contributed by atoms with Gasteiger partial charge in [-0.2, -0.15) is 0 Å². The molecule has 0 aliphatic heterocycles. The van der Waals surface area contributed by atoms with Crippen molar-refractivity contribution >= 4 is 41.0 Å². The van der Waals surface area contributed by atoms with E-state index in [-0.39, 0.29) is 12.4 Å². The minimum atomic E-state index is -0.547. The Kier molecular flexibility index (Phi) is 7.17. The molecule has 3 amide bonds. The van der Waals surface area contributed by atoms with Gasteiger partial charge in [0, 0.05) is 12.4 Å². The van der Waals surface area contributed by atoms with Crippen molar-refractivity contribution in [3.63, 3.8) is 0 Å². The summed E-state index contributed by atoms with van der Waals surface area (Å²) >= 11 is 2.57. The van der Waals surface area contributed by atoms with Crippen molar-refractivity contribution in [1.29, 1.82) is 0 Å². The second-order valence-corrected chi connectivity index (χ2v) is 6.36. The molecule has 1 unspecified atom stereocenters. The first-order valence-corrected chi connectivity index (χ1v) is 8.01. The molecule has 9 heteroatoms. The van der Waals surface area contributed by atoms with Crippen molar-refractivity contribution in [2.24, 2.45) is 0 Å². The Morgan fingerprint density at radius 1 is 1.48 bits per heavy atom. The number of rotatable bonds is 6. The van der Waals surface area contributed by atoms with E-state index in [0.29, 0.717) is 16.6 Å². The van der Waals surface area contributed by atoms with Crippen molar-refractivity contribution in [2.45, 2.75) is 29.9 Å². The average Bonchev–Trinajstić information content (AvgIpc) is 2.85. The summed E-state index contributed by atoms with van der Waals surface area (Å²) in [5, 5.41) is 5.79. The summed E-state index contributed by atoms with van der Waals surface area (Å²) in [7, 11) is 1.43. The van der Waals surface area contributed by atoms with E-state index in [9.17, 15) is 14.4 Å². The number of nitrogens with one attached hydrogen (secondary N) is 2. The number of carbonyl (C=O) groups excluding carboxylic acids is 3. The lowest BCUT2D eigenvalue weighted by Gasteiger charge is -2.08. The molecule has 7 nitrogen and oxygen atoms in total. The first kappa shape index (κ1) is 17.4. The lowest BCUT2D eigenvalue weighted by Crippen LogP contribution is -2.41. The number of nitrogens with zero attached hydrogens (tertiary/aromatic N) is 1. The van der Waals surface area contributed by atoms with Gasteiger partial charge in [-0.1, -0.05) is 11.8 Å². The molecule has 1 rings (SSSR count). The van der Waals surface area contributed by atoms with Crippen LogP contribution in [0.1, 0.15) is 19.5 Å². The lowest BCUT2D eigenvalue weighted by molar-refractivity contribution is -0.142. The second kappa shape index (κ2) is 8.63. The average molecular weight is 331 g/mol. The third-order valence-corrected chi connectivity index (χ3v) is 4.39. The summed E-state index contributed by atoms with van der Waals surface area (Å²) in [6.07, 6.45) is 0.115. The Morgan fingerprint density at radius 2 is 2.19 bits per heavy atom. The van der Waals surface area contributed by atoms with E-state index in [1.807, 2.05) is 0 Å². The molecule has 21 heavy (non-hydrogen) atoms. The van der Waals surface area contributed by atoms with Crippen LogP contribution in [0.3, 0.4) is 0 Å². The fraction of sp³-hybridized carbons (Fsp3) is 0.500. The molecule has 1 heterocycles. The topological polar surface area (TPSA) is 97.4 Å². The van der Waals surface area contributed by atoms with Gasteiger partial charge in [0.1, 0.15) is 0 Å². The van der Waals surface area contributed by atoms with Crippen LogP contribution < -0.4 is 10.6 Å². The number of hydrogen-bond donors (Lipinski definition) is 2. The van der Waals surface area contributed by atoms with Gasteiger partial charge < -0.3 is 10.1 Å². The maximum Gasteiger partial charge on any atom is 0.321 e. The second-order valence-electron chi connectivity index (χ2n) is 3.92. The van der Waals surface area contributed by atoms with Gasteiger partial charge in [-0.25, -0.2) is 9.78 Å². The Labute approximate surface area is 130 Å². The molecular formula is C12H17N3O4S2. The molecule has 0 spiro atoms. The van der Waals surface area contributed by atoms with Crippen molar-refractivity contribution in [2.75, 3.05) is 13.7 Å². The predicted octanol–water partition coefficient (Wildman–Crippen LogP) is 1.18. The summed E-state index contributed by atoms with van der Waals surface area (Å²) in [5.74, 6) is -0.730. The fourth-order valence-corrected chi connectivity index (χ4v) is 3.25. The van der Waals surface area contributed by atoms with Crippen LogP contribution in [-0.2, 0) is 20.7 Å². The monoisotopic (exact) mass is 331 g/mol. The van der Waals surface area contributed by atoms with Crippen LogP contribution in [0.15, 0.2) is 9.72 Å². The highest BCUT2D eigenvalue weighted by Crippen LogP contribution is 2.27. The summed E-state index contributed by atoms with van der Waals surface area (Å²) in [5.41, 5.74) is 0.611. The van der Waals surface area contributed by atoms with Crippen LogP contribution in [0.5, 0.6) is 0 Å². The number of aromatic nitrogens is 1. The number of esters is 1. The molecule has 1 aromatic heterocycles. The maximum absolute atomic E-state index is 11.7. The van der Waals surface area contributed by atoms with Gasteiger partial charge in [-0.05, 0) is 13.8 Å². The minimum absolute atomic E-state index is 0.115. The van der Waals surface area contributed by atoms with E-state index >= 15 is 0 Å². The quantitative estimate of drug-likeness (QED) is 0.600. The first-order valence-electron chi connectivity index (χ1n) is 6.25. The van der Waals surface area contributed by atoms with Crippen molar-refractivity contribution in [3.8, 4) is 0 Å². The molecule has 1 atom stereocenters. The molecule has 0 saturated heterocycles. The highest BCUT2D eigenvalue weighted by Gasteiger charge is 2.18. The molecule has 0 aliphatic rings. The molecule has 0 aromatic carbocycles. The third kappa shape index (κ3) is 6.13. The number of hydrogen-bond acceptors (Lipinski definition) is 7. The molecule has 0 bridgehead atoms. The molecule has 1 aromatic rings. The predicted molar refractivity (Wildman–Crippen MR) is 80.4 cm³/mol. The maximum atomic E-state index is 11.7. The first-order chi connectivity index (χ1) is 9.96. The van der Waals surface area contributed by atoms with Gasteiger partial charge in [0.2, 0.25) is 5.91 Å². The molecule has 0 aliphatic carbocycles. The zero-order valence-corrected chi connectivity index (χ0v) is 13.6. The number of thiazole rings is 1. The third-order valence-electron chi connectivity index (χ3n) is 2.27. The van der Waals surface area contributed by atoms with E-state index in [0.717, 1.165) is 0 Å². The number of imide groups is 1. The molecule has 2 N–H and O–H groups in total. The van der Waals surface area contributed by atoms with Gasteiger partial charge in [0.25, 0.3) is 0 Å². The van der Waals surface area contributed by atoms with Crippen molar-refractivity contribution < 1.29 is 19.1 Å². The largest absolute Gasteiger partial charge is 0.466 e. The van der Waals surface area contributed by atoms with Crippen LogP contribution >= 0.6 is 23.1 Å². The summed E-state index contributed by atoms with van der Waals surface area (Å²) in [6.45, 7) is 3.75. The zero-order valence-electron chi connectivity index (χ0n) is 12.0. The molecule has 116 valence electrons. The number of amides is 3. The Morgan fingerprint density at radius 3 is 2.81 bits per heavy atom. The number of carbonyl (C=O) groups is 3. The molecular weight excluding hydrogens is 314 g/mol. The van der Waals surface area contributed by atoms with Crippen molar-refractivity contribution in [1.82, 2.24) is 15.6 Å². The number of urea groups is 1. The fourth-order valence-electron chi connectivity index (χ4n) is 1.26. The smallest absolute Gasteiger partial charge is 0.321 e. The van der Waals surface area contributed by atoms with Gasteiger partial charge in [0.05, 0.1) is 24.0 Å². The van der Waals surface area contributed by atoms with Crippen molar-refractivity contribution in [3.05, 3.63) is 11.1 Å². The van der Waals surface area contributed by atoms with E-state index < -0.39 is 17.2 Å². The normalized spacial score (nSPS) is 11.6. The zero-order chi connectivity index (χ0) is 15.8. The highest BCUT2D eigenvalue weighted by atomic mass is 32.2. The van der Waals surface area contributed by atoms with E-state index in [1.54, 1.807) is 19.2 Å². The van der Waals surface area contributed by atoms with E-state index in [4.69, 9.17) is 4.74 Å². The lowest BCUT2D eigenvalue weighted by atomic mass is 10.3. The molecule has 0 radical (unpaired) electrons. The van der Waals surface area contributed by atoms with Gasteiger partial charge in [0.15, 0.2) is 4.34 Å². The van der Waals surface area contributed by atoms with E-state index in [1.165, 1.54) is 30.1 Å². The molecule has 0 fully saturated rings. The van der Waals surface area contributed by atoms with Crippen LogP contribution in [0.25, 0.3) is 0 Å².